The van der Waals surface area contributed by atoms with Gasteiger partial charge in [0.2, 0.25) is 5.95 Å². The molecule has 2 unspecified atom stereocenters. The SMILES string of the molecule is O=C(NC1CCN2CCCC2C1)c1cccnc1F. The lowest BCUT2D eigenvalue weighted by molar-refractivity contribution is 0.0891. The monoisotopic (exact) mass is 263 g/mol. The first-order valence-electron chi connectivity index (χ1n) is 6.89. The lowest BCUT2D eigenvalue weighted by Crippen LogP contribution is -2.47. The topological polar surface area (TPSA) is 45.2 Å². The lowest BCUT2D eigenvalue weighted by Gasteiger charge is -2.35. The summed E-state index contributed by atoms with van der Waals surface area (Å²) in [5.41, 5.74) is 0.0383. The highest BCUT2D eigenvalue weighted by Gasteiger charge is 2.32. The van der Waals surface area contributed by atoms with Crippen LogP contribution in [0.5, 0.6) is 0 Å². The molecule has 2 aliphatic heterocycles. The molecule has 1 aromatic rings. The van der Waals surface area contributed by atoms with Gasteiger partial charge in [0.15, 0.2) is 0 Å². The number of rotatable bonds is 2. The number of carbonyl (C=O) groups excluding carboxylic acids is 1. The minimum absolute atomic E-state index is 0.0383. The molecule has 1 aromatic heterocycles. The molecule has 1 N–H and O–H groups in total. The third kappa shape index (κ3) is 2.61. The van der Waals surface area contributed by atoms with E-state index in [0.29, 0.717) is 6.04 Å². The number of hydrogen-bond donors (Lipinski definition) is 1. The van der Waals surface area contributed by atoms with Crippen molar-refractivity contribution in [3.63, 3.8) is 0 Å². The molecule has 0 aliphatic carbocycles. The number of piperidine rings is 1. The number of carbonyl (C=O) groups is 1. The molecule has 3 heterocycles. The maximum atomic E-state index is 13.4. The third-order valence-corrected chi connectivity index (χ3v) is 4.16. The van der Waals surface area contributed by atoms with E-state index in [2.05, 4.69) is 15.2 Å². The van der Waals surface area contributed by atoms with Gasteiger partial charge in [0, 0.05) is 24.8 Å². The van der Waals surface area contributed by atoms with Gasteiger partial charge in [-0.1, -0.05) is 0 Å². The van der Waals surface area contributed by atoms with Crippen molar-refractivity contribution in [2.75, 3.05) is 13.1 Å². The van der Waals surface area contributed by atoms with Crippen molar-refractivity contribution >= 4 is 5.91 Å². The van der Waals surface area contributed by atoms with E-state index in [1.807, 2.05) is 0 Å². The fraction of sp³-hybridized carbons (Fsp3) is 0.571. The van der Waals surface area contributed by atoms with Crippen molar-refractivity contribution in [3.05, 3.63) is 29.8 Å². The largest absolute Gasteiger partial charge is 0.349 e. The van der Waals surface area contributed by atoms with E-state index < -0.39 is 5.95 Å². The predicted molar refractivity (Wildman–Crippen MR) is 69.3 cm³/mol. The summed E-state index contributed by atoms with van der Waals surface area (Å²) in [7, 11) is 0. The molecule has 0 saturated carbocycles. The highest BCUT2D eigenvalue weighted by molar-refractivity contribution is 5.94. The first kappa shape index (κ1) is 12.5. The number of halogens is 1. The van der Waals surface area contributed by atoms with E-state index in [1.165, 1.54) is 31.6 Å². The van der Waals surface area contributed by atoms with Gasteiger partial charge in [-0.15, -0.1) is 0 Å². The van der Waals surface area contributed by atoms with Crippen LogP contribution in [0.2, 0.25) is 0 Å². The van der Waals surface area contributed by atoms with Crippen LogP contribution >= 0.6 is 0 Å². The van der Waals surface area contributed by atoms with Gasteiger partial charge in [-0.2, -0.15) is 4.39 Å². The van der Waals surface area contributed by atoms with Gasteiger partial charge in [-0.25, -0.2) is 4.98 Å². The van der Waals surface area contributed by atoms with E-state index in [9.17, 15) is 9.18 Å². The van der Waals surface area contributed by atoms with Crippen LogP contribution in [0.15, 0.2) is 18.3 Å². The molecule has 2 fully saturated rings. The Hall–Kier alpha value is -1.49. The summed E-state index contributed by atoms with van der Waals surface area (Å²) in [5.74, 6) is -1.04. The van der Waals surface area contributed by atoms with Crippen molar-refractivity contribution in [1.29, 1.82) is 0 Å². The number of amides is 1. The van der Waals surface area contributed by atoms with Crippen molar-refractivity contribution < 1.29 is 9.18 Å². The Balaban J connectivity index is 1.62. The molecule has 102 valence electrons. The normalized spacial score (nSPS) is 27.0. The summed E-state index contributed by atoms with van der Waals surface area (Å²) < 4.78 is 13.4. The van der Waals surface area contributed by atoms with E-state index >= 15 is 0 Å². The quantitative estimate of drug-likeness (QED) is 0.824. The number of nitrogens with one attached hydrogen (secondary N) is 1. The fourth-order valence-electron chi connectivity index (χ4n) is 3.17. The maximum Gasteiger partial charge on any atom is 0.256 e. The van der Waals surface area contributed by atoms with E-state index in [1.54, 1.807) is 6.07 Å². The molecule has 3 rings (SSSR count). The molecule has 0 bridgehead atoms. The molecular weight excluding hydrogens is 245 g/mol. The first-order chi connectivity index (χ1) is 9.24. The molecular formula is C14H18FN3O. The van der Waals surface area contributed by atoms with Crippen LogP contribution in [-0.2, 0) is 0 Å². The Kier molecular flexibility index (Phi) is 3.46. The predicted octanol–water partition coefficient (Wildman–Crippen LogP) is 1.58. The number of aromatic nitrogens is 1. The van der Waals surface area contributed by atoms with E-state index in [-0.39, 0.29) is 17.5 Å². The van der Waals surface area contributed by atoms with Gasteiger partial charge in [-0.3, -0.25) is 4.79 Å². The zero-order valence-electron chi connectivity index (χ0n) is 10.8. The molecule has 0 spiro atoms. The standard InChI is InChI=1S/C14H18FN3O/c15-13-12(4-1-6-16-13)14(19)17-10-5-8-18-7-2-3-11(18)9-10/h1,4,6,10-11H,2-3,5,7-9H2,(H,17,19). The Morgan fingerprint density at radius 3 is 3.16 bits per heavy atom. The van der Waals surface area contributed by atoms with Crippen molar-refractivity contribution in [1.82, 2.24) is 15.2 Å². The molecule has 4 nitrogen and oxygen atoms in total. The van der Waals surface area contributed by atoms with Crippen LogP contribution in [0.1, 0.15) is 36.0 Å². The van der Waals surface area contributed by atoms with Gasteiger partial charge in [0.25, 0.3) is 5.91 Å². The Labute approximate surface area is 112 Å². The summed E-state index contributed by atoms with van der Waals surface area (Å²) in [6.07, 6.45) is 5.75. The van der Waals surface area contributed by atoms with Gasteiger partial charge in [0.1, 0.15) is 0 Å². The summed E-state index contributed by atoms with van der Waals surface area (Å²) in [6, 6.07) is 3.81. The Morgan fingerprint density at radius 2 is 2.32 bits per heavy atom. The summed E-state index contributed by atoms with van der Waals surface area (Å²) in [6.45, 7) is 2.22. The molecule has 5 heteroatoms. The van der Waals surface area contributed by atoms with Crippen LogP contribution in [0.4, 0.5) is 4.39 Å². The average molecular weight is 263 g/mol. The zero-order chi connectivity index (χ0) is 13.2. The average Bonchev–Trinajstić information content (AvgIpc) is 2.86. The summed E-state index contributed by atoms with van der Waals surface area (Å²) >= 11 is 0. The highest BCUT2D eigenvalue weighted by atomic mass is 19.1. The molecule has 2 saturated heterocycles. The summed E-state index contributed by atoms with van der Waals surface area (Å²) in [5, 5.41) is 2.94. The van der Waals surface area contributed by atoms with Crippen LogP contribution < -0.4 is 5.32 Å². The van der Waals surface area contributed by atoms with Gasteiger partial charge >= 0.3 is 0 Å². The first-order valence-corrected chi connectivity index (χ1v) is 6.89. The second-order valence-corrected chi connectivity index (χ2v) is 5.37. The molecule has 2 atom stereocenters. The van der Waals surface area contributed by atoms with Crippen LogP contribution in [0.25, 0.3) is 0 Å². The molecule has 19 heavy (non-hydrogen) atoms. The molecule has 0 radical (unpaired) electrons. The second kappa shape index (κ2) is 5.25. The molecule has 1 amide bonds. The molecule has 0 aromatic carbocycles. The minimum Gasteiger partial charge on any atom is -0.349 e. The van der Waals surface area contributed by atoms with Crippen LogP contribution in [0, 0.1) is 5.95 Å². The maximum absolute atomic E-state index is 13.4. The van der Waals surface area contributed by atoms with Crippen molar-refractivity contribution in [2.24, 2.45) is 0 Å². The van der Waals surface area contributed by atoms with Gasteiger partial charge in [0.05, 0.1) is 5.56 Å². The van der Waals surface area contributed by atoms with Gasteiger partial charge < -0.3 is 10.2 Å². The van der Waals surface area contributed by atoms with Crippen molar-refractivity contribution in [2.45, 2.75) is 37.8 Å². The number of pyridine rings is 1. The zero-order valence-corrected chi connectivity index (χ0v) is 10.8. The number of fused-ring (bicyclic) bond motifs is 1. The van der Waals surface area contributed by atoms with Crippen molar-refractivity contribution in [3.8, 4) is 0 Å². The second-order valence-electron chi connectivity index (χ2n) is 5.37. The summed E-state index contributed by atoms with van der Waals surface area (Å²) in [4.78, 5) is 18.0. The third-order valence-electron chi connectivity index (χ3n) is 4.16. The molecule has 2 aliphatic rings. The minimum atomic E-state index is -0.696. The van der Waals surface area contributed by atoms with Crippen LogP contribution in [-0.4, -0.2) is 41.0 Å². The van der Waals surface area contributed by atoms with E-state index in [0.717, 1.165) is 19.4 Å². The van der Waals surface area contributed by atoms with Gasteiger partial charge in [-0.05, 0) is 44.4 Å². The van der Waals surface area contributed by atoms with E-state index in [4.69, 9.17) is 0 Å². The highest BCUT2D eigenvalue weighted by Crippen LogP contribution is 2.26. The number of nitrogens with zero attached hydrogens (tertiary/aromatic N) is 2. The number of hydrogen-bond acceptors (Lipinski definition) is 3. The lowest BCUT2D eigenvalue weighted by atomic mass is 9.97. The van der Waals surface area contributed by atoms with Crippen LogP contribution in [0.3, 0.4) is 0 Å². The smallest absolute Gasteiger partial charge is 0.256 e. The fourth-order valence-corrected chi connectivity index (χ4v) is 3.17. The Bertz CT molecular complexity index is 480. The Morgan fingerprint density at radius 1 is 1.42 bits per heavy atom.